The molecule has 0 atom stereocenters. The second-order valence-electron chi connectivity index (χ2n) is 4.54. The minimum Gasteiger partial charge on any atom is -0.481 e. The van der Waals surface area contributed by atoms with Gasteiger partial charge in [-0.15, -0.1) is 0 Å². The molecule has 0 fully saturated rings. The Morgan fingerprint density at radius 1 is 1.26 bits per heavy atom. The van der Waals surface area contributed by atoms with Crippen LogP contribution in [0.5, 0.6) is 0 Å². The third-order valence-electron chi connectivity index (χ3n) is 2.70. The summed E-state index contributed by atoms with van der Waals surface area (Å²) in [4.78, 5) is 22.0. The number of benzene rings is 1. The van der Waals surface area contributed by atoms with Crippen LogP contribution in [-0.2, 0) is 9.59 Å². The zero-order valence-corrected chi connectivity index (χ0v) is 11.3. The molecule has 0 aliphatic heterocycles. The first-order valence-corrected chi connectivity index (χ1v) is 6.28. The van der Waals surface area contributed by atoms with Crippen molar-refractivity contribution in [3.63, 3.8) is 0 Å². The van der Waals surface area contributed by atoms with Crippen molar-refractivity contribution >= 4 is 17.6 Å². The van der Waals surface area contributed by atoms with E-state index in [2.05, 4.69) is 10.6 Å². The highest BCUT2D eigenvalue weighted by molar-refractivity contribution is 5.93. The van der Waals surface area contributed by atoms with Crippen molar-refractivity contribution < 1.29 is 14.7 Å². The summed E-state index contributed by atoms with van der Waals surface area (Å²) in [6.07, 6.45) is 0.637. The molecular formula is C14H20N2O3. The van der Waals surface area contributed by atoms with Gasteiger partial charge in [-0.1, -0.05) is 12.1 Å². The number of nitrogens with one attached hydrogen (secondary N) is 2. The van der Waals surface area contributed by atoms with E-state index in [4.69, 9.17) is 5.11 Å². The predicted octanol–water partition coefficient (Wildman–Crippen LogP) is 1.70. The molecule has 1 amide bonds. The average molecular weight is 264 g/mol. The summed E-state index contributed by atoms with van der Waals surface area (Å²) in [5.41, 5.74) is 2.93. The maximum atomic E-state index is 11.7. The second kappa shape index (κ2) is 7.53. The molecule has 19 heavy (non-hydrogen) atoms. The Morgan fingerprint density at radius 3 is 2.68 bits per heavy atom. The molecule has 5 nitrogen and oxygen atoms in total. The first-order chi connectivity index (χ1) is 8.99. The number of carbonyl (C=O) groups is 2. The van der Waals surface area contributed by atoms with Gasteiger partial charge in [-0.3, -0.25) is 9.59 Å². The molecule has 0 aliphatic carbocycles. The highest BCUT2D eigenvalue weighted by Crippen LogP contribution is 2.15. The normalized spacial score (nSPS) is 10.2. The van der Waals surface area contributed by atoms with E-state index in [0.29, 0.717) is 13.0 Å². The Morgan fingerprint density at radius 2 is 2.00 bits per heavy atom. The molecule has 0 aromatic heterocycles. The van der Waals surface area contributed by atoms with E-state index in [-0.39, 0.29) is 18.9 Å². The lowest BCUT2D eigenvalue weighted by Gasteiger charge is -2.09. The Kier molecular flexibility index (Phi) is 6.02. The van der Waals surface area contributed by atoms with E-state index in [1.165, 1.54) is 0 Å². The quantitative estimate of drug-likeness (QED) is 0.655. The molecule has 0 heterocycles. The lowest BCUT2D eigenvalue weighted by atomic mass is 10.1. The maximum absolute atomic E-state index is 11.7. The number of carbonyl (C=O) groups excluding carboxylic acids is 1. The van der Waals surface area contributed by atoms with Gasteiger partial charge in [0.15, 0.2) is 0 Å². The highest BCUT2D eigenvalue weighted by atomic mass is 16.4. The largest absolute Gasteiger partial charge is 0.481 e. The van der Waals surface area contributed by atoms with Crippen LogP contribution in [0.2, 0.25) is 0 Å². The van der Waals surface area contributed by atoms with Gasteiger partial charge in [0.05, 0.1) is 6.54 Å². The smallest absolute Gasteiger partial charge is 0.303 e. The minimum absolute atomic E-state index is 0.117. The van der Waals surface area contributed by atoms with Gasteiger partial charge in [0.25, 0.3) is 0 Å². The van der Waals surface area contributed by atoms with Crippen molar-refractivity contribution in [3.05, 3.63) is 29.3 Å². The summed E-state index contributed by atoms with van der Waals surface area (Å²) < 4.78 is 0. The third kappa shape index (κ3) is 6.01. The van der Waals surface area contributed by atoms with Crippen LogP contribution in [0.4, 0.5) is 5.69 Å². The van der Waals surface area contributed by atoms with Gasteiger partial charge in [0.1, 0.15) is 0 Å². The number of amides is 1. The van der Waals surface area contributed by atoms with E-state index in [1.54, 1.807) is 0 Å². The van der Waals surface area contributed by atoms with Crippen molar-refractivity contribution in [2.45, 2.75) is 26.7 Å². The van der Waals surface area contributed by atoms with Gasteiger partial charge in [-0.25, -0.2) is 0 Å². The Bertz CT molecular complexity index is 458. The molecule has 0 saturated heterocycles. The first-order valence-electron chi connectivity index (χ1n) is 6.28. The fourth-order valence-corrected chi connectivity index (χ4v) is 1.63. The molecule has 5 heteroatoms. The van der Waals surface area contributed by atoms with Crippen LogP contribution in [0.1, 0.15) is 24.0 Å². The summed E-state index contributed by atoms with van der Waals surface area (Å²) in [5, 5.41) is 14.2. The van der Waals surface area contributed by atoms with Gasteiger partial charge < -0.3 is 15.7 Å². The van der Waals surface area contributed by atoms with Gasteiger partial charge in [-0.2, -0.15) is 0 Å². The van der Waals surface area contributed by atoms with Crippen LogP contribution in [0, 0.1) is 13.8 Å². The molecule has 104 valence electrons. The Labute approximate surface area is 113 Å². The van der Waals surface area contributed by atoms with Crippen molar-refractivity contribution in [2.75, 3.05) is 18.4 Å². The molecule has 0 radical (unpaired) electrons. The fraction of sp³-hybridized carbons (Fsp3) is 0.429. The number of aliphatic carboxylic acids is 1. The van der Waals surface area contributed by atoms with Crippen molar-refractivity contribution in [3.8, 4) is 0 Å². The molecule has 0 bridgehead atoms. The van der Waals surface area contributed by atoms with Crippen LogP contribution in [-0.4, -0.2) is 30.1 Å². The van der Waals surface area contributed by atoms with Gasteiger partial charge >= 0.3 is 5.97 Å². The van der Waals surface area contributed by atoms with E-state index in [1.807, 2.05) is 32.0 Å². The minimum atomic E-state index is -0.818. The molecule has 1 rings (SSSR count). The fourth-order valence-electron chi connectivity index (χ4n) is 1.63. The summed E-state index contributed by atoms with van der Waals surface area (Å²) in [6.45, 7) is 4.62. The zero-order valence-electron chi connectivity index (χ0n) is 11.3. The molecule has 0 saturated carbocycles. The van der Waals surface area contributed by atoms with Crippen molar-refractivity contribution in [2.24, 2.45) is 0 Å². The van der Waals surface area contributed by atoms with Crippen LogP contribution >= 0.6 is 0 Å². The first kappa shape index (κ1) is 15.2. The predicted molar refractivity (Wildman–Crippen MR) is 74.3 cm³/mol. The lowest BCUT2D eigenvalue weighted by Crippen LogP contribution is -2.29. The standard InChI is InChI=1S/C14H20N2O3/c1-10-5-6-11(2)12(8-10)16-13(17)9-15-7-3-4-14(18)19/h5-6,8,15H,3-4,7,9H2,1-2H3,(H,16,17)(H,18,19). The van der Waals surface area contributed by atoms with E-state index < -0.39 is 5.97 Å². The number of aryl methyl sites for hydroxylation is 2. The maximum Gasteiger partial charge on any atom is 0.303 e. The molecule has 1 aromatic rings. The summed E-state index contributed by atoms with van der Waals surface area (Å²) in [6, 6.07) is 5.89. The second-order valence-corrected chi connectivity index (χ2v) is 4.54. The zero-order chi connectivity index (χ0) is 14.3. The molecule has 0 aliphatic rings. The van der Waals surface area contributed by atoms with E-state index in [0.717, 1.165) is 16.8 Å². The number of rotatable bonds is 7. The Hall–Kier alpha value is -1.88. The van der Waals surface area contributed by atoms with Crippen molar-refractivity contribution in [1.82, 2.24) is 5.32 Å². The van der Waals surface area contributed by atoms with Crippen LogP contribution in [0.25, 0.3) is 0 Å². The monoisotopic (exact) mass is 264 g/mol. The van der Waals surface area contributed by atoms with Crippen LogP contribution in [0.15, 0.2) is 18.2 Å². The summed E-state index contributed by atoms with van der Waals surface area (Å²) >= 11 is 0. The van der Waals surface area contributed by atoms with Gasteiger partial charge in [0.2, 0.25) is 5.91 Å². The van der Waals surface area contributed by atoms with E-state index in [9.17, 15) is 9.59 Å². The van der Waals surface area contributed by atoms with Crippen LogP contribution < -0.4 is 10.6 Å². The lowest BCUT2D eigenvalue weighted by molar-refractivity contribution is -0.137. The number of carboxylic acid groups (broad SMARTS) is 1. The Balaban J connectivity index is 2.31. The number of carboxylic acids is 1. The van der Waals surface area contributed by atoms with Crippen molar-refractivity contribution in [1.29, 1.82) is 0 Å². The molecular weight excluding hydrogens is 244 g/mol. The van der Waals surface area contributed by atoms with Gasteiger partial charge in [-0.05, 0) is 44.0 Å². The molecule has 0 unspecified atom stereocenters. The number of hydrogen-bond acceptors (Lipinski definition) is 3. The molecule has 0 spiro atoms. The topological polar surface area (TPSA) is 78.4 Å². The third-order valence-corrected chi connectivity index (χ3v) is 2.70. The number of anilines is 1. The highest BCUT2D eigenvalue weighted by Gasteiger charge is 2.04. The average Bonchev–Trinajstić information content (AvgIpc) is 2.33. The van der Waals surface area contributed by atoms with Gasteiger partial charge in [0, 0.05) is 12.1 Å². The summed E-state index contributed by atoms with van der Waals surface area (Å²) in [7, 11) is 0. The SMILES string of the molecule is Cc1ccc(C)c(NC(=O)CNCCCC(=O)O)c1. The molecule has 1 aromatic carbocycles. The van der Waals surface area contributed by atoms with E-state index >= 15 is 0 Å². The molecule has 3 N–H and O–H groups in total. The summed E-state index contributed by atoms with van der Waals surface area (Å²) in [5.74, 6) is -0.939. The number of hydrogen-bond donors (Lipinski definition) is 3. The van der Waals surface area contributed by atoms with Crippen LogP contribution in [0.3, 0.4) is 0 Å².